The van der Waals surface area contributed by atoms with E-state index in [0.717, 1.165) is 48.2 Å². The minimum absolute atomic E-state index is 0.0272. The third kappa shape index (κ3) is 19.9. The fourth-order valence-electron chi connectivity index (χ4n) is 6.97. The summed E-state index contributed by atoms with van der Waals surface area (Å²) in [6.07, 6.45) is 7.78. The van der Waals surface area contributed by atoms with Crippen LogP contribution in [0.2, 0.25) is 0 Å². The second kappa shape index (κ2) is 28.2. The first-order valence-electron chi connectivity index (χ1n) is 22.8. The van der Waals surface area contributed by atoms with Gasteiger partial charge in [-0.05, 0) is 12.5 Å². The molecule has 0 bridgehead atoms. The minimum Gasteiger partial charge on any atom is -0.465 e. The summed E-state index contributed by atoms with van der Waals surface area (Å²) in [5.41, 5.74) is 4.25. The van der Waals surface area contributed by atoms with Gasteiger partial charge in [0.2, 0.25) is 11.8 Å². The largest absolute Gasteiger partial charge is 0.481 e. The number of hydrogen-bond donors (Lipinski definition) is 9. The average Bonchev–Trinajstić information content (AvgIpc) is 4.02. The number of aliphatic hydroxyl groups is 2. The first-order valence-corrected chi connectivity index (χ1v) is 28.3. The van der Waals surface area contributed by atoms with Crippen LogP contribution >= 0.6 is 35.2 Å². The second-order valence-electron chi connectivity index (χ2n) is 17.1. The van der Waals surface area contributed by atoms with Crippen LogP contribution in [0.3, 0.4) is 0 Å². The Labute approximate surface area is 408 Å². The second-order valence-corrected chi connectivity index (χ2v) is 22.4. The standard InChI is InChI=1S/C40H66N7O19P3S/c1-4-5-6-7-8-9-10-11-12-13-14-15-21-60-30-17-16-27(63-30)39(52)70-22-20-42-29(48)18-19-43-37(51)34(50)40(2,3)24-62-69(58,59)66-68(56,57)61-23-28-33(65-67(53,54)55)32(49)38(64-28)47-26-46-31-35(41)44-25-45-36(31)47/h16-17,25-26,28,32-34,38,49-50H,4-15,18-24H2,1-3H3,(H,42,48)(H,43,51)(H,56,57)(H,58,59)(H2,41,44,45)(H2,53,54,55)/t28-,32-,33-,34+,38-/m1/s1. The number of nitrogens with two attached hydrogens (primary N) is 1. The van der Waals surface area contributed by atoms with Crippen molar-refractivity contribution in [3.63, 3.8) is 0 Å². The van der Waals surface area contributed by atoms with Crippen LogP contribution in [-0.2, 0) is 45.9 Å². The van der Waals surface area contributed by atoms with E-state index >= 15 is 0 Å². The summed E-state index contributed by atoms with van der Waals surface area (Å²) in [6, 6.07) is 3.12. The summed E-state index contributed by atoms with van der Waals surface area (Å²) in [6.45, 7) is 3.07. The molecule has 1 aliphatic rings. The Balaban J connectivity index is 1.10. The van der Waals surface area contributed by atoms with E-state index in [-0.39, 0.29) is 59.1 Å². The molecule has 4 rings (SSSR count). The van der Waals surface area contributed by atoms with Crippen LogP contribution in [0.4, 0.5) is 5.82 Å². The quantitative estimate of drug-likeness (QED) is 0.0290. The van der Waals surface area contributed by atoms with Gasteiger partial charge in [0.1, 0.15) is 36.3 Å². The van der Waals surface area contributed by atoms with Crippen LogP contribution in [0.1, 0.15) is 121 Å². The third-order valence-corrected chi connectivity index (χ3v) is 14.7. The van der Waals surface area contributed by atoms with Gasteiger partial charge in [-0.25, -0.2) is 28.6 Å². The number of fused-ring (bicyclic) bond motifs is 1. The number of hydrogen-bond acceptors (Lipinski definition) is 20. The zero-order valence-corrected chi connectivity index (χ0v) is 42.7. The molecule has 0 saturated carbocycles. The number of anilines is 1. The molecular formula is C40H66N7O19P3S. The molecule has 2 amide bonds. The zero-order valence-electron chi connectivity index (χ0n) is 39.2. The number of imidazole rings is 1. The lowest BCUT2D eigenvalue weighted by Gasteiger charge is -2.30. The van der Waals surface area contributed by atoms with E-state index in [1.165, 1.54) is 77.7 Å². The third-order valence-electron chi connectivity index (χ3n) is 10.8. The van der Waals surface area contributed by atoms with Crippen LogP contribution in [0, 0.1) is 5.41 Å². The van der Waals surface area contributed by atoms with E-state index in [1.807, 2.05) is 0 Å². The Kier molecular flexibility index (Phi) is 23.8. The highest BCUT2D eigenvalue weighted by Gasteiger charge is 2.50. The minimum atomic E-state index is -5.59. The molecule has 7 atom stereocenters. The first-order chi connectivity index (χ1) is 33.0. The Morgan fingerprint density at radius 1 is 0.900 bits per heavy atom. The number of aliphatic hydroxyl groups excluding tert-OH is 2. The van der Waals surface area contributed by atoms with Crippen LogP contribution in [0.15, 0.2) is 29.2 Å². The van der Waals surface area contributed by atoms with E-state index in [2.05, 4.69) is 41.3 Å². The molecule has 1 saturated heterocycles. The van der Waals surface area contributed by atoms with E-state index in [4.69, 9.17) is 28.7 Å². The maximum atomic E-state index is 12.8. The molecule has 396 valence electrons. The molecule has 2 unspecified atom stereocenters. The van der Waals surface area contributed by atoms with Crippen LogP contribution in [0.25, 0.3) is 11.2 Å². The average molecular weight is 1070 g/mol. The van der Waals surface area contributed by atoms with E-state index in [1.54, 1.807) is 6.07 Å². The van der Waals surface area contributed by atoms with Crippen molar-refractivity contribution in [3.05, 3.63) is 30.5 Å². The van der Waals surface area contributed by atoms with E-state index in [0.29, 0.717) is 6.61 Å². The molecule has 1 fully saturated rings. The molecule has 0 radical (unpaired) electrons. The lowest BCUT2D eigenvalue weighted by molar-refractivity contribution is -0.137. The van der Waals surface area contributed by atoms with Crippen molar-refractivity contribution in [2.75, 3.05) is 44.4 Å². The van der Waals surface area contributed by atoms with Gasteiger partial charge in [0.05, 0.1) is 26.1 Å². The van der Waals surface area contributed by atoms with Crippen molar-refractivity contribution in [1.82, 2.24) is 30.2 Å². The number of furan rings is 1. The smallest absolute Gasteiger partial charge is 0.465 e. The zero-order chi connectivity index (χ0) is 51.5. The highest BCUT2D eigenvalue weighted by atomic mass is 32.2. The number of aromatic nitrogens is 4. The number of phosphoric acid groups is 3. The predicted octanol–water partition coefficient (Wildman–Crippen LogP) is 4.65. The first kappa shape index (κ1) is 59.2. The monoisotopic (exact) mass is 1070 g/mol. The van der Waals surface area contributed by atoms with Crippen molar-refractivity contribution in [1.29, 1.82) is 0 Å². The Hall–Kier alpha value is -3.36. The summed E-state index contributed by atoms with van der Waals surface area (Å²) < 4.78 is 73.6. The number of rotatable bonds is 34. The van der Waals surface area contributed by atoms with Gasteiger partial charge in [-0.3, -0.25) is 32.5 Å². The van der Waals surface area contributed by atoms with Crippen LogP contribution in [-0.4, -0.2) is 129 Å². The van der Waals surface area contributed by atoms with Gasteiger partial charge >= 0.3 is 23.5 Å². The molecule has 1 aliphatic heterocycles. The topological polar surface area (TPSA) is 386 Å². The summed E-state index contributed by atoms with van der Waals surface area (Å²) >= 11 is 0.935. The van der Waals surface area contributed by atoms with E-state index in [9.17, 15) is 57.9 Å². The fraction of sp³-hybridized carbons (Fsp3) is 0.700. The molecule has 3 aromatic rings. The van der Waals surface area contributed by atoms with Crippen LogP contribution < -0.4 is 21.1 Å². The van der Waals surface area contributed by atoms with Gasteiger partial charge in [-0.15, -0.1) is 0 Å². The predicted molar refractivity (Wildman–Crippen MR) is 252 cm³/mol. The van der Waals surface area contributed by atoms with Crippen molar-refractivity contribution < 1.29 is 89.6 Å². The molecular weight excluding hydrogens is 1010 g/mol. The van der Waals surface area contributed by atoms with Crippen molar-refractivity contribution in [3.8, 4) is 5.95 Å². The normalized spacial score (nSPS) is 19.7. The molecule has 30 heteroatoms. The molecule has 0 spiro atoms. The Bertz CT molecular complexity index is 2280. The summed E-state index contributed by atoms with van der Waals surface area (Å²) in [4.78, 5) is 88.8. The highest BCUT2D eigenvalue weighted by Crippen LogP contribution is 2.61. The van der Waals surface area contributed by atoms with E-state index < -0.39 is 84.6 Å². The molecule has 26 nitrogen and oxygen atoms in total. The summed E-state index contributed by atoms with van der Waals surface area (Å²) in [5.74, 6) is -0.908. The maximum absolute atomic E-state index is 12.8. The van der Waals surface area contributed by atoms with Crippen LogP contribution in [0.5, 0.6) is 5.95 Å². The molecule has 70 heavy (non-hydrogen) atoms. The number of carbonyl (C=O) groups excluding carboxylic acids is 3. The molecule has 3 aromatic heterocycles. The number of nitrogens with zero attached hydrogens (tertiary/aromatic N) is 4. The SMILES string of the molecule is CCCCCCCCCCCCCCOc1ccc(C(=O)SCCNC(=O)CCNC(=O)[C@H](O)C(C)(C)COP(=O)(O)OP(=O)(O)OC[C@H]2O[C@@H](n3cnc4c(N)ncnc43)[C@H](O)[C@@H]2OP(=O)(O)O)o1. The lowest BCUT2D eigenvalue weighted by atomic mass is 9.87. The van der Waals surface area contributed by atoms with Gasteiger partial charge in [-0.2, -0.15) is 4.31 Å². The van der Waals surface area contributed by atoms with Gasteiger partial charge in [-0.1, -0.05) is 103 Å². The number of nitrogens with one attached hydrogen (secondary N) is 2. The van der Waals surface area contributed by atoms with Crippen molar-refractivity contribution in [2.45, 2.75) is 135 Å². The Morgan fingerprint density at radius 2 is 1.54 bits per heavy atom. The number of carbonyl (C=O) groups is 3. The number of nitrogen functional groups attached to an aromatic ring is 1. The molecule has 4 heterocycles. The summed E-state index contributed by atoms with van der Waals surface area (Å²) in [5, 5.41) is 26.2. The molecule has 10 N–H and O–H groups in total. The van der Waals surface area contributed by atoms with Crippen molar-refractivity contribution >= 4 is 69.1 Å². The lowest BCUT2D eigenvalue weighted by Crippen LogP contribution is -2.46. The molecule has 0 aliphatic carbocycles. The number of ether oxygens (including phenoxy) is 2. The fourth-order valence-corrected chi connectivity index (χ4v) is 10.4. The molecule has 0 aromatic carbocycles. The number of amides is 2. The van der Waals surface area contributed by atoms with Gasteiger partial charge in [0, 0.05) is 36.7 Å². The Morgan fingerprint density at radius 3 is 2.20 bits per heavy atom. The number of thioether (sulfide) groups is 1. The van der Waals surface area contributed by atoms with Crippen molar-refractivity contribution in [2.24, 2.45) is 5.41 Å². The maximum Gasteiger partial charge on any atom is 0.481 e. The van der Waals surface area contributed by atoms with Gasteiger partial charge in [0.15, 0.2) is 23.5 Å². The van der Waals surface area contributed by atoms with Gasteiger partial charge in [0.25, 0.3) is 11.1 Å². The highest BCUT2D eigenvalue weighted by molar-refractivity contribution is 8.14. The van der Waals surface area contributed by atoms with Gasteiger partial charge < -0.3 is 60.0 Å². The number of phosphoric ester groups is 3. The number of unbranched alkanes of at least 4 members (excludes halogenated alkanes) is 11. The summed E-state index contributed by atoms with van der Waals surface area (Å²) in [7, 11) is -16.5.